The van der Waals surface area contributed by atoms with E-state index in [9.17, 15) is 4.57 Å². The van der Waals surface area contributed by atoms with Gasteiger partial charge in [-0.1, -0.05) is 30.3 Å². The third kappa shape index (κ3) is 4.83. The molecule has 0 spiro atoms. The normalized spacial score (nSPS) is 12.7. The molecule has 0 saturated heterocycles. The SMILES string of the molecule is O=[PH](O)CNCCc1ccccc1. The predicted octanol–water partition coefficient (Wildman–Crippen LogP) is 1.24. The number of hydrogen-bond acceptors (Lipinski definition) is 2. The summed E-state index contributed by atoms with van der Waals surface area (Å²) >= 11 is 0. The van der Waals surface area contributed by atoms with Gasteiger partial charge in [0.1, 0.15) is 0 Å². The Morgan fingerprint density at radius 2 is 2.00 bits per heavy atom. The summed E-state index contributed by atoms with van der Waals surface area (Å²) < 4.78 is 10.3. The zero-order chi connectivity index (χ0) is 9.52. The highest BCUT2D eigenvalue weighted by Crippen LogP contribution is 2.08. The Hall–Kier alpha value is -0.630. The quantitative estimate of drug-likeness (QED) is 0.554. The molecule has 1 atom stereocenters. The van der Waals surface area contributed by atoms with E-state index in [-0.39, 0.29) is 6.29 Å². The molecule has 1 rings (SSSR count). The first-order valence-corrected chi connectivity index (χ1v) is 5.82. The van der Waals surface area contributed by atoms with E-state index in [4.69, 9.17) is 4.89 Å². The highest BCUT2D eigenvalue weighted by atomic mass is 31.1. The summed E-state index contributed by atoms with van der Waals surface area (Å²) in [5.41, 5.74) is 1.24. The molecule has 0 fully saturated rings. The molecule has 13 heavy (non-hydrogen) atoms. The molecule has 0 amide bonds. The molecule has 0 aromatic heterocycles. The van der Waals surface area contributed by atoms with E-state index < -0.39 is 8.03 Å². The van der Waals surface area contributed by atoms with Crippen LogP contribution >= 0.6 is 8.03 Å². The van der Waals surface area contributed by atoms with Crippen molar-refractivity contribution >= 4 is 8.03 Å². The molecule has 0 radical (unpaired) electrons. The molecule has 1 aromatic rings. The largest absolute Gasteiger partial charge is 0.345 e. The van der Waals surface area contributed by atoms with Gasteiger partial charge in [0, 0.05) is 0 Å². The van der Waals surface area contributed by atoms with Gasteiger partial charge in [0.25, 0.3) is 0 Å². The van der Waals surface area contributed by atoms with Crippen LogP contribution in [0.1, 0.15) is 5.56 Å². The van der Waals surface area contributed by atoms with Crippen molar-refractivity contribution in [3.8, 4) is 0 Å². The van der Waals surface area contributed by atoms with E-state index in [1.165, 1.54) is 5.56 Å². The van der Waals surface area contributed by atoms with Crippen molar-refractivity contribution < 1.29 is 9.46 Å². The summed E-state index contributed by atoms with van der Waals surface area (Å²) in [5, 5.41) is 2.92. The maximum absolute atomic E-state index is 10.3. The minimum atomic E-state index is -2.35. The second-order valence-corrected chi connectivity index (χ2v) is 3.95. The van der Waals surface area contributed by atoms with Gasteiger partial charge in [-0.2, -0.15) is 0 Å². The monoisotopic (exact) mass is 199 g/mol. The summed E-state index contributed by atoms with van der Waals surface area (Å²) in [6.07, 6.45) is 1.12. The molecule has 72 valence electrons. The van der Waals surface area contributed by atoms with Crippen molar-refractivity contribution in [3.05, 3.63) is 35.9 Å². The van der Waals surface area contributed by atoms with Gasteiger partial charge >= 0.3 is 0 Å². The maximum Gasteiger partial charge on any atom is 0.202 e. The topological polar surface area (TPSA) is 49.3 Å². The predicted molar refractivity (Wildman–Crippen MR) is 54.2 cm³/mol. The van der Waals surface area contributed by atoms with Crippen LogP contribution in [0.15, 0.2) is 30.3 Å². The Morgan fingerprint density at radius 1 is 1.31 bits per heavy atom. The van der Waals surface area contributed by atoms with Crippen molar-refractivity contribution in [2.45, 2.75) is 6.42 Å². The fraction of sp³-hybridized carbons (Fsp3) is 0.333. The third-order valence-corrected chi connectivity index (χ3v) is 2.26. The van der Waals surface area contributed by atoms with Gasteiger partial charge in [-0.25, -0.2) is 0 Å². The lowest BCUT2D eigenvalue weighted by Crippen LogP contribution is -2.16. The molecular weight excluding hydrogens is 185 g/mol. The molecule has 1 unspecified atom stereocenters. The Balaban J connectivity index is 2.17. The highest BCUT2D eigenvalue weighted by Gasteiger charge is 1.93. The summed E-state index contributed by atoms with van der Waals surface area (Å²) in [5.74, 6) is 0. The van der Waals surface area contributed by atoms with Crippen molar-refractivity contribution in [2.75, 3.05) is 12.8 Å². The number of hydrogen-bond donors (Lipinski definition) is 2. The molecule has 0 bridgehead atoms. The first kappa shape index (κ1) is 10.5. The number of benzene rings is 1. The van der Waals surface area contributed by atoms with E-state index in [2.05, 4.69) is 5.32 Å². The molecule has 4 heteroatoms. The van der Waals surface area contributed by atoms with Gasteiger partial charge in [-0.3, -0.25) is 4.57 Å². The Morgan fingerprint density at radius 3 is 2.62 bits per heavy atom. The van der Waals surface area contributed by atoms with E-state index in [0.717, 1.165) is 13.0 Å². The van der Waals surface area contributed by atoms with Crippen LogP contribution in [0, 0.1) is 0 Å². The Bertz CT molecular complexity index is 264. The smallest absolute Gasteiger partial charge is 0.202 e. The van der Waals surface area contributed by atoms with E-state index >= 15 is 0 Å². The second kappa shape index (κ2) is 5.92. The minimum absolute atomic E-state index is 0.220. The van der Waals surface area contributed by atoms with Crippen molar-refractivity contribution in [1.29, 1.82) is 0 Å². The summed E-state index contributed by atoms with van der Waals surface area (Å²) in [6.45, 7) is 0.751. The second-order valence-electron chi connectivity index (χ2n) is 2.81. The van der Waals surface area contributed by atoms with Crippen LogP contribution in [-0.2, 0) is 11.0 Å². The van der Waals surface area contributed by atoms with Crippen LogP contribution in [0.4, 0.5) is 0 Å². The standard InChI is InChI=1S/C9H14NO2P/c11-13(12)8-10-7-6-9-4-2-1-3-5-9/h1-5,10,13H,6-8H2,(H,11,12). The average molecular weight is 199 g/mol. The van der Waals surface area contributed by atoms with Crippen LogP contribution in [0.25, 0.3) is 0 Å². The zero-order valence-corrected chi connectivity index (χ0v) is 8.36. The van der Waals surface area contributed by atoms with E-state index in [0.29, 0.717) is 0 Å². The fourth-order valence-electron chi connectivity index (χ4n) is 1.07. The van der Waals surface area contributed by atoms with Gasteiger partial charge in [0.15, 0.2) is 0 Å². The molecule has 0 saturated carbocycles. The van der Waals surface area contributed by atoms with Crippen LogP contribution in [0.3, 0.4) is 0 Å². The number of rotatable bonds is 5. The summed E-state index contributed by atoms with van der Waals surface area (Å²) in [7, 11) is -2.35. The molecule has 0 aliphatic heterocycles. The van der Waals surface area contributed by atoms with Crippen molar-refractivity contribution in [2.24, 2.45) is 0 Å². The lowest BCUT2D eigenvalue weighted by molar-refractivity contribution is 0.497. The molecule has 2 N–H and O–H groups in total. The Labute approximate surface area is 78.7 Å². The van der Waals surface area contributed by atoms with E-state index in [1.54, 1.807) is 0 Å². The lowest BCUT2D eigenvalue weighted by Gasteiger charge is -2.01. The minimum Gasteiger partial charge on any atom is -0.345 e. The summed E-state index contributed by atoms with van der Waals surface area (Å²) in [4.78, 5) is 8.53. The van der Waals surface area contributed by atoms with Crippen LogP contribution in [-0.4, -0.2) is 17.7 Å². The van der Waals surface area contributed by atoms with Crippen LogP contribution < -0.4 is 5.32 Å². The summed E-state index contributed by atoms with van der Waals surface area (Å²) in [6, 6.07) is 10.0. The van der Waals surface area contributed by atoms with Gasteiger partial charge in [-0.05, 0) is 18.5 Å². The van der Waals surface area contributed by atoms with Gasteiger partial charge in [0.2, 0.25) is 8.03 Å². The van der Waals surface area contributed by atoms with Crippen LogP contribution in [0.5, 0.6) is 0 Å². The maximum atomic E-state index is 10.3. The van der Waals surface area contributed by atoms with Crippen molar-refractivity contribution in [3.63, 3.8) is 0 Å². The van der Waals surface area contributed by atoms with Gasteiger partial charge in [0.05, 0.1) is 6.29 Å². The third-order valence-electron chi connectivity index (χ3n) is 1.71. The Kier molecular flexibility index (Phi) is 4.76. The molecule has 3 nitrogen and oxygen atoms in total. The molecular formula is C9H14NO2P. The van der Waals surface area contributed by atoms with Gasteiger partial charge in [-0.15, -0.1) is 0 Å². The first-order chi connectivity index (χ1) is 6.29. The van der Waals surface area contributed by atoms with Crippen molar-refractivity contribution in [1.82, 2.24) is 5.32 Å². The average Bonchev–Trinajstić information content (AvgIpc) is 2.14. The molecule has 0 heterocycles. The van der Waals surface area contributed by atoms with E-state index in [1.807, 2.05) is 30.3 Å². The highest BCUT2D eigenvalue weighted by molar-refractivity contribution is 7.37. The molecule has 1 aromatic carbocycles. The zero-order valence-electron chi connectivity index (χ0n) is 7.36. The molecule has 0 aliphatic carbocycles. The number of nitrogens with one attached hydrogen (secondary N) is 1. The molecule has 0 aliphatic rings. The lowest BCUT2D eigenvalue weighted by atomic mass is 10.2. The van der Waals surface area contributed by atoms with Crippen LogP contribution in [0.2, 0.25) is 0 Å². The fourth-order valence-corrected chi connectivity index (χ4v) is 1.46. The van der Waals surface area contributed by atoms with Gasteiger partial charge < -0.3 is 10.2 Å². The first-order valence-electron chi connectivity index (χ1n) is 4.25.